The number of halogens is 2. The molecule has 0 saturated heterocycles. The van der Waals surface area contributed by atoms with E-state index in [1.54, 1.807) is 22.7 Å². The Morgan fingerprint density at radius 1 is 1.15 bits per heavy atom. The fourth-order valence-corrected chi connectivity index (χ4v) is 6.68. The molecule has 206 valence electrons. The van der Waals surface area contributed by atoms with E-state index in [4.69, 9.17) is 14.1 Å². The number of carbonyl (C=O) groups excluding carboxylic acids is 1. The third-order valence-electron chi connectivity index (χ3n) is 6.83. The zero-order valence-electron chi connectivity index (χ0n) is 22.4. The summed E-state index contributed by atoms with van der Waals surface area (Å²) in [6.45, 7) is 6.79. The van der Waals surface area contributed by atoms with Gasteiger partial charge in [0.15, 0.2) is 4.80 Å². The van der Waals surface area contributed by atoms with Crippen LogP contribution in [-0.2, 0) is 4.79 Å². The smallest absolute Gasteiger partial charge is 0.271 e. The maximum absolute atomic E-state index is 14.0. The minimum Gasteiger partial charge on any atom is -0.496 e. The van der Waals surface area contributed by atoms with E-state index in [0.29, 0.717) is 51.0 Å². The van der Waals surface area contributed by atoms with Crippen molar-refractivity contribution in [3.05, 3.63) is 106 Å². The van der Waals surface area contributed by atoms with Gasteiger partial charge in [-0.2, -0.15) is 0 Å². The maximum Gasteiger partial charge on any atom is 0.271 e. The SMILES string of the molecule is CCN(CC)C(=O)C1=C(C)N=c2s/c(=C\c3ccc(-c4cc(Br)ccc4Br)o3)c(=O)n2[C@@H]1c1ccccc1OC. The van der Waals surface area contributed by atoms with Crippen LogP contribution < -0.4 is 19.6 Å². The van der Waals surface area contributed by atoms with E-state index in [1.807, 2.05) is 75.4 Å². The number of amides is 1. The van der Waals surface area contributed by atoms with E-state index in [1.165, 1.54) is 11.3 Å². The van der Waals surface area contributed by atoms with E-state index in [-0.39, 0.29) is 11.5 Å². The van der Waals surface area contributed by atoms with Crippen molar-refractivity contribution < 1.29 is 13.9 Å². The minimum atomic E-state index is -0.688. The molecule has 0 bridgehead atoms. The predicted molar refractivity (Wildman–Crippen MR) is 164 cm³/mol. The van der Waals surface area contributed by atoms with E-state index in [9.17, 15) is 9.59 Å². The summed E-state index contributed by atoms with van der Waals surface area (Å²) in [7, 11) is 1.59. The third kappa shape index (κ3) is 5.15. The third-order valence-corrected chi connectivity index (χ3v) is 9.00. The van der Waals surface area contributed by atoms with Crippen LogP contribution in [0.2, 0.25) is 0 Å². The summed E-state index contributed by atoms with van der Waals surface area (Å²) in [5.74, 6) is 1.65. The molecule has 10 heteroatoms. The summed E-state index contributed by atoms with van der Waals surface area (Å²) in [6, 6.07) is 16.3. The summed E-state index contributed by atoms with van der Waals surface area (Å²) in [6.07, 6.45) is 1.73. The molecule has 0 saturated carbocycles. The van der Waals surface area contributed by atoms with Gasteiger partial charge in [-0.15, -0.1) is 0 Å². The molecule has 0 N–H and O–H groups in total. The number of carbonyl (C=O) groups is 1. The number of para-hydroxylation sites is 1. The Balaban J connectivity index is 1.68. The van der Waals surface area contributed by atoms with Crippen LogP contribution in [0.4, 0.5) is 0 Å². The zero-order valence-corrected chi connectivity index (χ0v) is 26.4. The van der Waals surface area contributed by atoms with Gasteiger partial charge >= 0.3 is 0 Å². The Kier molecular flexibility index (Phi) is 8.30. The van der Waals surface area contributed by atoms with E-state index < -0.39 is 6.04 Å². The first-order valence-electron chi connectivity index (χ1n) is 12.8. The molecule has 2 aromatic carbocycles. The van der Waals surface area contributed by atoms with Crippen molar-refractivity contribution in [1.82, 2.24) is 9.47 Å². The van der Waals surface area contributed by atoms with Crippen molar-refractivity contribution >= 4 is 55.2 Å². The van der Waals surface area contributed by atoms with Crippen molar-refractivity contribution in [2.45, 2.75) is 26.8 Å². The minimum absolute atomic E-state index is 0.147. The van der Waals surface area contributed by atoms with Crippen LogP contribution in [-0.4, -0.2) is 35.6 Å². The second kappa shape index (κ2) is 11.7. The first-order valence-corrected chi connectivity index (χ1v) is 15.2. The second-order valence-corrected chi connectivity index (χ2v) is 11.9. The Hall–Kier alpha value is -3.21. The lowest BCUT2D eigenvalue weighted by Gasteiger charge is -2.29. The highest BCUT2D eigenvalue weighted by Crippen LogP contribution is 2.36. The number of thiazole rings is 1. The zero-order chi connectivity index (χ0) is 28.6. The quantitative estimate of drug-likeness (QED) is 0.243. The molecule has 40 heavy (non-hydrogen) atoms. The lowest BCUT2D eigenvalue weighted by atomic mass is 9.94. The normalized spacial score (nSPS) is 15.2. The molecule has 1 atom stereocenters. The molecule has 7 nitrogen and oxygen atoms in total. The topological polar surface area (TPSA) is 77.0 Å². The summed E-state index contributed by atoms with van der Waals surface area (Å²) >= 11 is 8.35. The number of nitrogens with zero attached hydrogens (tertiary/aromatic N) is 3. The molecule has 3 heterocycles. The average molecular weight is 685 g/mol. The molecule has 5 rings (SSSR count). The van der Waals surface area contributed by atoms with Gasteiger partial charge < -0.3 is 14.1 Å². The lowest BCUT2D eigenvalue weighted by molar-refractivity contribution is -0.127. The van der Waals surface area contributed by atoms with Crippen LogP contribution in [0.5, 0.6) is 5.75 Å². The van der Waals surface area contributed by atoms with Crippen LogP contribution in [0.3, 0.4) is 0 Å². The molecule has 4 aromatic rings. The number of likely N-dealkylation sites (N-methyl/N-ethyl adjacent to an activating group) is 1. The predicted octanol–water partition coefficient (Wildman–Crippen LogP) is 5.90. The van der Waals surface area contributed by atoms with Crippen molar-refractivity contribution in [1.29, 1.82) is 0 Å². The van der Waals surface area contributed by atoms with Crippen LogP contribution in [0.25, 0.3) is 17.4 Å². The van der Waals surface area contributed by atoms with Crippen LogP contribution in [0.15, 0.2) is 89.0 Å². The molecule has 0 radical (unpaired) electrons. The molecule has 0 spiro atoms. The maximum atomic E-state index is 14.0. The molecule has 2 aromatic heterocycles. The van der Waals surface area contributed by atoms with Gasteiger partial charge in [-0.05, 0) is 57.2 Å². The molecule has 1 aliphatic rings. The number of benzene rings is 2. The molecule has 0 aliphatic carbocycles. The van der Waals surface area contributed by atoms with E-state index in [0.717, 1.165) is 20.1 Å². The number of ether oxygens (including phenoxy) is 1. The Labute approximate surface area is 252 Å². The Bertz CT molecular complexity index is 1810. The summed E-state index contributed by atoms with van der Waals surface area (Å²) in [5, 5.41) is 0. The number of fused-ring (bicyclic) bond motifs is 1. The monoisotopic (exact) mass is 683 g/mol. The van der Waals surface area contributed by atoms with Gasteiger partial charge in [-0.1, -0.05) is 61.4 Å². The molecule has 1 aliphatic heterocycles. The van der Waals surface area contributed by atoms with Gasteiger partial charge in [0.25, 0.3) is 11.5 Å². The van der Waals surface area contributed by atoms with Gasteiger partial charge in [-0.25, -0.2) is 4.99 Å². The Morgan fingerprint density at radius 3 is 2.62 bits per heavy atom. The summed E-state index contributed by atoms with van der Waals surface area (Å²) in [5.41, 5.74) is 2.41. The number of methoxy groups -OCH3 is 1. The van der Waals surface area contributed by atoms with Gasteiger partial charge in [-0.3, -0.25) is 14.2 Å². The van der Waals surface area contributed by atoms with Gasteiger partial charge in [0.1, 0.15) is 23.3 Å². The summed E-state index contributed by atoms with van der Waals surface area (Å²) in [4.78, 5) is 34.8. The second-order valence-electron chi connectivity index (χ2n) is 9.13. The number of hydrogen-bond donors (Lipinski definition) is 0. The van der Waals surface area contributed by atoms with Gasteiger partial charge in [0, 0.05) is 39.2 Å². The standard InChI is InChI=1S/C30H27Br2N3O4S/c1-5-34(6-2)29(37)26-17(3)33-30-35(27(26)20-9-7-8-10-23(20)38-4)28(36)25(40-30)16-19-12-14-24(39-19)21-15-18(31)11-13-22(21)32/h7-16,27H,5-6H2,1-4H3/b25-16-/t27-/m1/s1. The van der Waals surface area contributed by atoms with Crippen LogP contribution in [0, 0.1) is 0 Å². The summed E-state index contributed by atoms with van der Waals surface area (Å²) < 4.78 is 15.7. The molecular formula is C30H27Br2N3O4S. The highest BCUT2D eigenvalue weighted by Gasteiger charge is 2.35. The van der Waals surface area contributed by atoms with Crippen molar-refractivity contribution in [3.8, 4) is 17.1 Å². The first kappa shape index (κ1) is 28.3. The average Bonchev–Trinajstić information content (AvgIpc) is 3.54. The van der Waals surface area contributed by atoms with Crippen molar-refractivity contribution in [2.24, 2.45) is 4.99 Å². The highest BCUT2D eigenvalue weighted by atomic mass is 79.9. The lowest BCUT2D eigenvalue weighted by Crippen LogP contribution is -2.43. The van der Waals surface area contributed by atoms with E-state index >= 15 is 0 Å². The van der Waals surface area contributed by atoms with Crippen molar-refractivity contribution in [2.75, 3.05) is 20.2 Å². The van der Waals surface area contributed by atoms with E-state index in [2.05, 4.69) is 31.9 Å². The highest BCUT2D eigenvalue weighted by molar-refractivity contribution is 9.11. The largest absolute Gasteiger partial charge is 0.496 e. The fourth-order valence-electron chi connectivity index (χ4n) is 4.85. The number of furan rings is 1. The molecule has 0 fully saturated rings. The number of allylic oxidation sites excluding steroid dienone is 1. The van der Waals surface area contributed by atoms with Crippen molar-refractivity contribution in [3.63, 3.8) is 0 Å². The van der Waals surface area contributed by atoms with Crippen LogP contribution >= 0.6 is 43.2 Å². The Morgan fingerprint density at radius 2 is 1.90 bits per heavy atom. The van der Waals surface area contributed by atoms with Crippen LogP contribution in [0.1, 0.15) is 38.1 Å². The number of aromatic nitrogens is 1. The molecular weight excluding hydrogens is 658 g/mol. The molecule has 0 unspecified atom stereocenters. The first-order chi connectivity index (χ1) is 19.3. The van der Waals surface area contributed by atoms with Gasteiger partial charge in [0.05, 0.1) is 22.9 Å². The van der Waals surface area contributed by atoms with Gasteiger partial charge in [0.2, 0.25) is 0 Å². The fraction of sp³-hybridized carbons (Fsp3) is 0.233. The molecule has 1 amide bonds. The number of hydrogen-bond acceptors (Lipinski definition) is 6. The number of rotatable bonds is 7.